The number of sulfone groups is 1. The van der Waals surface area contributed by atoms with Crippen LogP contribution in [0, 0.1) is 0 Å². The largest absolute Gasteiger partial charge is 0.497 e. The monoisotopic (exact) mass is 243 g/mol. The SMILES string of the molecule is CNC(C)CS(=O)(=O)c1cccc(OC)c1. The molecule has 0 heterocycles. The van der Waals surface area contributed by atoms with E-state index in [1.165, 1.54) is 13.2 Å². The highest BCUT2D eigenvalue weighted by Gasteiger charge is 2.17. The maximum absolute atomic E-state index is 12.0. The number of hydrogen-bond donors (Lipinski definition) is 1. The molecular formula is C11H17NO3S. The third kappa shape index (κ3) is 3.21. The molecule has 0 amide bonds. The molecule has 1 N–H and O–H groups in total. The Morgan fingerprint density at radius 1 is 1.44 bits per heavy atom. The second-order valence-corrected chi connectivity index (χ2v) is 5.68. The summed E-state index contributed by atoms with van der Waals surface area (Å²) in [4.78, 5) is 0.300. The van der Waals surface area contributed by atoms with Crippen molar-refractivity contribution in [2.75, 3.05) is 19.9 Å². The summed E-state index contributed by atoms with van der Waals surface area (Å²) in [6, 6.07) is 6.45. The van der Waals surface area contributed by atoms with Gasteiger partial charge in [-0.05, 0) is 32.2 Å². The Morgan fingerprint density at radius 2 is 2.12 bits per heavy atom. The fourth-order valence-electron chi connectivity index (χ4n) is 1.30. The zero-order chi connectivity index (χ0) is 12.2. The van der Waals surface area contributed by atoms with Gasteiger partial charge < -0.3 is 10.1 Å². The normalized spacial score (nSPS) is 13.4. The fourth-order valence-corrected chi connectivity index (χ4v) is 2.90. The summed E-state index contributed by atoms with van der Waals surface area (Å²) >= 11 is 0. The number of benzene rings is 1. The molecular weight excluding hydrogens is 226 g/mol. The van der Waals surface area contributed by atoms with Gasteiger partial charge in [0.1, 0.15) is 5.75 Å². The summed E-state index contributed by atoms with van der Waals surface area (Å²) < 4.78 is 28.9. The third-order valence-electron chi connectivity index (χ3n) is 2.36. The highest BCUT2D eigenvalue weighted by molar-refractivity contribution is 7.91. The van der Waals surface area contributed by atoms with Crippen molar-refractivity contribution in [3.63, 3.8) is 0 Å². The Bertz CT molecular complexity index is 442. The molecule has 16 heavy (non-hydrogen) atoms. The van der Waals surface area contributed by atoms with Crippen molar-refractivity contribution >= 4 is 9.84 Å². The minimum absolute atomic E-state index is 0.0730. The topological polar surface area (TPSA) is 55.4 Å². The first-order valence-corrected chi connectivity index (χ1v) is 6.69. The number of nitrogens with one attached hydrogen (secondary N) is 1. The van der Waals surface area contributed by atoms with E-state index in [4.69, 9.17) is 4.74 Å². The Labute approximate surface area is 96.5 Å². The van der Waals surface area contributed by atoms with Crippen molar-refractivity contribution in [3.8, 4) is 5.75 Å². The zero-order valence-electron chi connectivity index (χ0n) is 9.73. The van der Waals surface area contributed by atoms with Crippen molar-refractivity contribution in [2.24, 2.45) is 0 Å². The van der Waals surface area contributed by atoms with E-state index in [0.29, 0.717) is 10.6 Å². The lowest BCUT2D eigenvalue weighted by molar-refractivity contribution is 0.413. The Hall–Kier alpha value is -1.07. The molecule has 90 valence electrons. The summed E-state index contributed by atoms with van der Waals surface area (Å²) in [6.07, 6.45) is 0. The summed E-state index contributed by atoms with van der Waals surface area (Å²) in [6.45, 7) is 1.83. The Balaban J connectivity index is 2.98. The maximum atomic E-state index is 12.0. The summed E-state index contributed by atoms with van der Waals surface area (Å²) in [5, 5.41) is 2.91. The van der Waals surface area contributed by atoms with Gasteiger partial charge in [-0.3, -0.25) is 0 Å². The minimum Gasteiger partial charge on any atom is -0.497 e. The van der Waals surface area contributed by atoms with Gasteiger partial charge in [0.15, 0.2) is 9.84 Å². The summed E-state index contributed by atoms with van der Waals surface area (Å²) in [5.41, 5.74) is 0. The average Bonchev–Trinajstić information content (AvgIpc) is 2.28. The second-order valence-electron chi connectivity index (χ2n) is 3.65. The van der Waals surface area contributed by atoms with Crippen molar-refractivity contribution in [1.82, 2.24) is 5.32 Å². The highest BCUT2D eigenvalue weighted by atomic mass is 32.2. The van der Waals surface area contributed by atoms with Gasteiger partial charge in [-0.1, -0.05) is 6.07 Å². The molecule has 0 aliphatic rings. The standard InChI is InChI=1S/C11H17NO3S/c1-9(12-2)8-16(13,14)11-6-4-5-10(7-11)15-3/h4-7,9,12H,8H2,1-3H3. The first kappa shape index (κ1) is 13.0. The molecule has 1 unspecified atom stereocenters. The van der Waals surface area contributed by atoms with Crippen molar-refractivity contribution in [2.45, 2.75) is 17.9 Å². The van der Waals surface area contributed by atoms with E-state index < -0.39 is 9.84 Å². The van der Waals surface area contributed by atoms with Crippen LogP contribution in [0.25, 0.3) is 0 Å². The van der Waals surface area contributed by atoms with Crippen LogP contribution in [0.4, 0.5) is 0 Å². The number of ether oxygens (including phenoxy) is 1. The van der Waals surface area contributed by atoms with Gasteiger partial charge in [-0.25, -0.2) is 8.42 Å². The van der Waals surface area contributed by atoms with E-state index in [-0.39, 0.29) is 11.8 Å². The predicted octanol–water partition coefficient (Wildman–Crippen LogP) is 1.08. The van der Waals surface area contributed by atoms with Crippen LogP contribution in [0.2, 0.25) is 0 Å². The third-order valence-corrected chi connectivity index (χ3v) is 4.27. The van der Waals surface area contributed by atoms with E-state index in [2.05, 4.69) is 5.32 Å². The lowest BCUT2D eigenvalue weighted by Crippen LogP contribution is -2.29. The molecule has 4 nitrogen and oxygen atoms in total. The van der Waals surface area contributed by atoms with Crippen molar-refractivity contribution in [3.05, 3.63) is 24.3 Å². The van der Waals surface area contributed by atoms with Gasteiger partial charge >= 0.3 is 0 Å². The molecule has 1 aromatic carbocycles. The van der Waals surface area contributed by atoms with Gasteiger partial charge in [-0.2, -0.15) is 0 Å². The van der Waals surface area contributed by atoms with Crippen LogP contribution in [0.5, 0.6) is 5.75 Å². The van der Waals surface area contributed by atoms with Gasteiger partial charge in [-0.15, -0.1) is 0 Å². The van der Waals surface area contributed by atoms with Crippen LogP contribution in [-0.4, -0.2) is 34.4 Å². The lowest BCUT2D eigenvalue weighted by Gasteiger charge is -2.11. The average molecular weight is 243 g/mol. The molecule has 1 aromatic rings. The van der Waals surface area contributed by atoms with Gasteiger partial charge in [0, 0.05) is 6.04 Å². The van der Waals surface area contributed by atoms with Crippen LogP contribution < -0.4 is 10.1 Å². The first-order valence-electron chi connectivity index (χ1n) is 5.03. The molecule has 0 aromatic heterocycles. The first-order chi connectivity index (χ1) is 7.49. The molecule has 0 radical (unpaired) electrons. The molecule has 5 heteroatoms. The molecule has 0 saturated carbocycles. The molecule has 0 bridgehead atoms. The van der Waals surface area contributed by atoms with Crippen LogP contribution in [0.3, 0.4) is 0 Å². The fraction of sp³-hybridized carbons (Fsp3) is 0.455. The van der Waals surface area contributed by atoms with Gasteiger partial charge in [0.25, 0.3) is 0 Å². The van der Waals surface area contributed by atoms with Crippen LogP contribution in [0.1, 0.15) is 6.92 Å². The number of hydrogen-bond acceptors (Lipinski definition) is 4. The van der Waals surface area contributed by atoms with Crippen LogP contribution in [0.15, 0.2) is 29.2 Å². The van der Waals surface area contributed by atoms with Crippen LogP contribution in [-0.2, 0) is 9.84 Å². The van der Waals surface area contributed by atoms with E-state index in [0.717, 1.165) is 0 Å². The number of rotatable bonds is 5. The number of methoxy groups -OCH3 is 1. The zero-order valence-corrected chi connectivity index (χ0v) is 10.5. The maximum Gasteiger partial charge on any atom is 0.180 e. The molecule has 1 rings (SSSR count). The summed E-state index contributed by atoms with van der Waals surface area (Å²) in [7, 11) is 0.0109. The molecule has 0 aliphatic carbocycles. The van der Waals surface area contributed by atoms with E-state index in [9.17, 15) is 8.42 Å². The minimum atomic E-state index is -3.25. The Kier molecular flexibility index (Phi) is 4.32. The van der Waals surface area contributed by atoms with Crippen molar-refractivity contribution < 1.29 is 13.2 Å². The summed E-state index contributed by atoms with van der Waals surface area (Å²) in [5.74, 6) is 0.634. The van der Waals surface area contributed by atoms with Crippen LogP contribution >= 0.6 is 0 Å². The predicted molar refractivity (Wildman–Crippen MR) is 63.6 cm³/mol. The molecule has 0 spiro atoms. The molecule has 0 saturated heterocycles. The van der Waals surface area contributed by atoms with E-state index in [1.807, 2.05) is 6.92 Å². The molecule has 1 atom stereocenters. The Morgan fingerprint density at radius 3 is 2.69 bits per heavy atom. The van der Waals surface area contributed by atoms with Gasteiger partial charge in [0.05, 0.1) is 17.8 Å². The molecule has 0 fully saturated rings. The lowest BCUT2D eigenvalue weighted by atomic mass is 10.3. The second kappa shape index (κ2) is 5.32. The van der Waals surface area contributed by atoms with Gasteiger partial charge in [0.2, 0.25) is 0 Å². The van der Waals surface area contributed by atoms with Crippen molar-refractivity contribution in [1.29, 1.82) is 0 Å². The quantitative estimate of drug-likeness (QED) is 0.840. The molecule has 0 aliphatic heterocycles. The smallest absolute Gasteiger partial charge is 0.180 e. The van der Waals surface area contributed by atoms with E-state index >= 15 is 0 Å². The highest BCUT2D eigenvalue weighted by Crippen LogP contribution is 2.18. The van der Waals surface area contributed by atoms with E-state index in [1.54, 1.807) is 25.2 Å².